The minimum atomic E-state index is -4.11. The molecule has 0 aliphatic heterocycles. The van der Waals surface area contributed by atoms with E-state index in [1.165, 1.54) is 4.68 Å². The first-order chi connectivity index (χ1) is 7.28. The molecule has 0 spiro atoms. The molecular formula is C9H15F3N4. The first kappa shape index (κ1) is 12.8. The number of hydrogen-bond acceptors (Lipinski definition) is 3. The van der Waals surface area contributed by atoms with Gasteiger partial charge >= 0.3 is 6.18 Å². The van der Waals surface area contributed by atoms with Crippen LogP contribution in [0.3, 0.4) is 0 Å². The predicted octanol–water partition coefficient (Wildman–Crippen LogP) is 1.39. The lowest BCUT2D eigenvalue weighted by Crippen LogP contribution is -2.24. The number of nitrogen functional groups attached to an aromatic ring is 1. The van der Waals surface area contributed by atoms with E-state index >= 15 is 0 Å². The maximum atomic E-state index is 12.0. The third-order valence-corrected chi connectivity index (χ3v) is 2.18. The topological polar surface area (TPSA) is 47.1 Å². The highest BCUT2D eigenvalue weighted by atomic mass is 19.4. The smallest absolute Gasteiger partial charge is 0.384 e. The zero-order valence-electron chi connectivity index (χ0n) is 9.25. The molecule has 0 saturated heterocycles. The average molecular weight is 236 g/mol. The second kappa shape index (κ2) is 4.73. The largest absolute Gasteiger partial charge is 0.390 e. The quantitative estimate of drug-likeness (QED) is 0.859. The van der Waals surface area contributed by atoms with Crippen LogP contribution >= 0.6 is 0 Å². The fraction of sp³-hybridized carbons (Fsp3) is 0.667. The highest BCUT2D eigenvalue weighted by Gasteiger charge is 2.27. The van der Waals surface area contributed by atoms with Crippen molar-refractivity contribution >= 4 is 5.82 Å². The fourth-order valence-corrected chi connectivity index (χ4v) is 1.29. The number of hydrogen-bond donors (Lipinski definition) is 1. The van der Waals surface area contributed by atoms with Gasteiger partial charge in [-0.3, -0.25) is 4.68 Å². The Balaban J connectivity index is 2.42. The number of halogens is 3. The Morgan fingerprint density at radius 3 is 2.56 bits per heavy atom. The van der Waals surface area contributed by atoms with Gasteiger partial charge in [0.1, 0.15) is 5.82 Å². The Morgan fingerprint density at radius 2 is 2.12 bits per heavy atom. The molecular weight excluding hydrogens is 221 g/mol. The van der Waals surface area contributed by atoms with Crippen LogP contribution in [0.1, 0.15) is 12.1 Å². The molecule has 0 unspecified atom stereocenters. The van der Waals surface area contributed by atoms with Crippen molar-refractivity contribution in [3.05, 3.63) is 11.8 Å². The number of aryl methyl sites for hydroxylation is 1. The van der Waals surface area contributed by atoms with Crippen molar-refractivity contribution in [2.24, 2.45) is 7.05 Å². The molecule has 0 radical (unpaired) electrons. The number of nitrogens with zero attached hydrogens (tertiary/aromatic N) is 3. The molecule has 0 amide bonds. The van der Waals surface area contributed by atoms with Gasteiger partial charge in [0.15, 0.2) is 0 Å². The Kier molecular flexibility index (Phi) is 3.79. The third-order valence-electron chi connectivity index (χ3n) is 2.18. The molecule has 1 aromatic rings. The maximum Gasteiger partial charge on any atom is 0.390 e. The van der Waals surface area contributed by atoms with Gasteiger partial charge in [0.2, 0.25) is 0 Å². The normalized spacial score (nSPS) is 12.4. The predicted molar refractivity (Wildman–Crippen MR) is 54.6 cm³/mol. The van der Waals surface area contributed by atoms with Crippen LogP contribution in [-0.4, -0.2) is 34.4 Å². The first-order valence-corrected chi connectivity index (χ1v) is 4.81. The van der Waals surface area contributed by atoms with Crippen molar-refractivity contribution in [3.63, 3.8) is 0 Å². The Bertz CT molecular complexity index is 326. The molecule has 1 rings (SSSR count). The van der Waals surface area contributed by atoms with Crippen LogP contribution in [0.2, 0.25) is 0 Å². The number of rotatable bonds is 4. The van der Waals surface area contributed by atoms with Crippen LogP contribution in [0, 0.1) is 0 Å². The van der Waals surface area contributed by atoms with Crippen molar-refractivity contribution in [3.8, 4) is 0 Å². The SMILES string of the molecule is CN(CCC(F)(F)F)Cc1cc(N)n(C)n1. The van der Waals surface area contributed by atoms with E-state index in [-0.39, 0.29) is 6.54 Å². The summed E-state index contributed by atoms with van der Waals surface area (Å²) in [4.78, 5) is 1.56. The molecule has 16 heavy (non-hydrogen) atoms. The number of aromatic nitrogens is 2. The van der Waals surface area contributed by atoms with Crippen LogP contribution in [0.25, 0.3) is 0 Å². The lowest BCUT2D eigenvalue weighted by molar-refractivity contribution is -0.137. The minimum Gasteiger partial charge on any atom is -0.384 e. The van der Waals surface area contributed by atoms with Crippen molar-refractivity contribution in [1.29, 1.82) is 0 Å². The summed E-state index contributed by atoms with van der Waals surface area (Å²) < 4.78 is 37.4. The monoisotopic (exact) mass is 236 g/mol. The molecule has 0 aliphatic rings. The Hall–Kier alpha value is -1.24. The van der Waals surface area contributed by atoms with E-state index in [0.717, 1.165) is 0 Å². The molecule has 0 aliphatic carbocycles. The molecule has 0 atom stereocenters. The van der Waals surface area contributed by atoms with Crippen LogP contribution < -0.4 is 5.73 Å². The number of anilines is 1. The lowest BCUT2D eigenvalue weighted by Gasteiger charge is -2.16. The summed E-state index contributed by atoms with van der Waals surface area (Å²) in [5.41, 5.74) is 6.23. The molecule has 1 heterocycles. The molecule has 1 aromatic heterocycles. The summed E-state index contributed by atoms with van der Waals surface area (Å²) in [6.45, 7) is 0.321. The highest BCUT2D eigenvalue weighted by Crippen LogP contribution is 2.19. The van der Waals surface area contributed by atoms with Gasteiger partial charge in [-0.2, -0.15) is 18.3 Å². The zero-order chi connectivity index (χ0) is 12.3. The van der Waals surface area contributed by atoms with Crippen molar-refractivity contribution in [2.75, 3.05) is 19.3 Å². The van der Waals surface area contributed by atoms with Crippen LogP contribution in [0.15, 0.2) is 6.07 Å². The first-order valence-electron chi connectivity index (χ1n) is 4.81. The summed E-state index contributed by atoms with van der Waals surface area (Å²) in [6.07, 6.45) is -4.93. The summed E-state index contributed by atoms with van der Waals surface area (Å²) in [5.74, 6) is 0.499. The molecule has 4 nitrogen and oxygen atoms in total. The second-order valence-electron chi connectivity index (χ2n) is 3.79. The van der Waals surface area contributed by atoms with E-state index < -0.39 is 12.6 Å². The van der Waals surface area contributed by atoms with Crippen molar-refractivity contribution in [2.45, 2.75) is 19.1 Å². The standard InChI is InChI=1S/C9H15F3N4/c1-15(4-3-9(10,11)12)6-7-5-8(13)16(2)14-7/h5H,3-4,6,13H2,1-2H3. The number of alkyl halides is 3. The van der Waals surface area contributed by atoms with E-state index in [4.69, 9.17) is 5.73 Å². The van der Waals surface area contributed by atoms with Gasteiger partial charge in [0, 0.05) is 26.2 Å². The highest BCUT2D eigenvalue weighted by molar-refractivity contribution is 5.30. The molecule has 7 heteroatoms. The van der Waals surface area contributed by atoms with Gasteiger partial charge < -0.3 is 10.6 Å². The van der Waals surface area contributed by atoms with E-state index in [1.54, 1.807) is 25.1 Å². The summed E-state index contributed by atoms with van der Waals surface area (Å²) in [6, 6.07) is 1.66. The number of nitrogens with two attached hydrogens (primary N) is 1. The van der Waals surface area contributed by atoms with E-state index in [0.29, 0.717) is 18.1 Å². The van der Waals surface area contributed by atoms with Gasteiger partial charge in [-0.1, -0.05) is 0 Å². The van der Waals surface area contributed by atoms with Gasteiger partial charge in [0.25, 0.3) is 0 Å². The van der Waals surface area contributed by atoms with Crippen LogP contribution in [-0.2, 0) is 13.6 Å². The van der Waals surface area contributed by atoms with E-state index in [1.807, 2.05) is 0 Å². The Labute approximate surface area is 91.8 Å². The molecule has 0 fully saturated rings. The van der Waals surface area contributed by atoms with E-state index in [2.05, 4.69) is 5.10 Å². The van der Waals surface area contributed by atoms with Gasteiger partial charge in [0.05, 0.1) is 12.1 Å². The molecule has 0 saturated carbocycles. The van der Waals surface area contributed by atoms with E-state index in [9.17, 15) is 13.2 Å². The van der Waals surface area contributed by atoms with Gasteiger partial charge in [-0.05, 0) is 7.05 Å². The van der Waals surface area contributed by atoms with Crippen molar-refractivity contribution < 1.29 is 13.2 Å². The third kappa shape index (κ3) is 4.09. The van der Waals surface area contributed by atoms with Crippen LogP contribution in [0.5, 0.6) is 0 Å². The minimum absolute atomic E-state index is 0.0417. The van der Waals surface area contributed by atoms with Crippen LogP contribution in [0.4, 0.5) is 19.0 Å². The van der Waals surface area contributed by atoms with Gasteiger partial charge in [-0.25, -0.2) is 0 Å². The second-order valence-corrected chi connectivity index (χ2v) is 3.79. The Morgan fingerprint density at radius 1 is 1.50 bits per heavy atom. The molecule has 2 N–H and O–H groups in total. The zero-order valence-corrected chi connectivity index (χ0v) is 9.25. The van der Waals surface area contributed by atoms with Crippen molar-refractivity contribution in [1.82, 2.24) is 14.7 Å². The maximum absolute atomic E-state index is 12.0. The summed E-state index contributed by atoms with van der Waals surface area (Å²) in [7, 11) is 3.31. The molecule has 0 bridgehead atoms. The molecule has 0 aromatic carbocycles. The van der Waals surface area contributed by atoms with Gasteiger partial charge in [-0.15, -0.1) is 0 Å². The average Bonchev–Trinajstić information content (AvgIpc) is 2.41. The fourth-order valence-electron chi connectivity index (χ4n) is 1.29. The summed E-state index contributed by atoms with van der Waals surface area (Å²) >= 11 is 0. The lowest BCUT2D eigenvalue weighted by atomic mass is 10.3. The summed E-state index contributed by atoms with van der Waals surface area (Å²) in [5, 5.41) is 4.06. The molecule has 92 valence electrons.